The summed E-state index contributed by atoms with van der Waals surface area (Å²) in [6, 6.07) is 1.21. The number of amides is 1. The minimum atomic E-state index is -4.87. The monoisotopic (exact) mass is 179 g/mol. The van der Waals surface area contributed by atoms with E-state index in [1.165, 1.54) is 12.3 Å². The van der Waals surface area contributed by atoms with Crippen LogP contribution in [0.25, 0.3) is 0 Å². The van der Waals surface area contributed by atoms with Gasteiger partial charge in [-0.2, -0.15) is 18.3 Å². The average molecular weight is 179 g/mol. The maximum Gasteiger partial charge on any atom is 0.471 e. The van der Waals surface area contributed by atoms with Crippen molar-refractivity contribution in [2.24, 2.45) is 0 Å². The number of carbonyl (C=O) groups is 1. The van der Waals surface area contributed by atoms with Crippen LogP contribution in [0.4, 0.5) is 19.0 Å². The predicted octanol–water partition coefficient (Wildman–Crippen LogP) is 0.910. The van der Waals surface area contributed by atoms with Crippen molar-refractivity contribution in [3.8, 4) is 0 Å². The van der Waals surface area contributed by atoms with Gasteiger partial charge in [0.15, 0.2) is 0 Å². The Morgan fingerprint density at radius 2 is 2.25 bits per heavy atom. The Kier molecular flexibility index (Phi) is 2.03. The van der Waals surface area contributed by atoms with Crippen LogP contribution in [-0.4, -0.2) is 22.3 Å². The molecule has 0 fully saturated rings. The van der Waals surface area contributed by atoms with Gasteiger partial charge in [-0.25, -0.2) is 0 Å². The molecular formula is C5H4F3N3O. The average Bonchev–Trinajstić information content (AvgIpc) is 2.37. The van der Waals surface area contributed by atoms with Crippen LogP contribution >= 0.6 is 0 Å². The number of nitrogens with one attached hydrogen (secondary N) is 2. The van der Waals surface area contributed by atoms with Crippen molar-refractivity contribution in [1.82, 2.24) is 10.2 Å². The fourth-order valence-corrected chi connectivity index (χ4v) is 0.519. The molecule has 0 aliphatic heterocycles. The molecule has 0 aromatic carbocycles. The highest BCUT2D eigenvalue weighted by Gasteiger charge is 2.38. The van der Waals surface area contributed by atoms with E-state index in [-0.39, 0.29) is 5.82 Å². The molecule has 0 atom stereocenters. The molecule has 1 heterocycles. The van der Waals surface area contributed by atoms with Crippen LogP contribution in [0.2, 0.25) is 0 Å². The lowest BCUT2D eigenvalue weighted by Crippen LogP contribution is -2.30. The van der Waals surface area contributed by atoms with Crippen LogP contribution in [0.3, 0.4) is 0 Å². The van der Waals surface area contributed by atoms with Crippen molar-refractivity contribution >= 4 is 11.7 Å². The van der Waals surface area contributed by atoms with E-state index in [0.29, 0.717) is 0 Å². The van der Waals surface area contributed by atoms with E-state index in [2.05, 4.69) is 10.2 Å². The fraction of sp³-hybridized carbons (Fsp3) is 0.200. The molecule has 0 aliphatic rings. The SMILES string of the molecule is O=C(Nc1ccn[nH]1)C(F)(F)F. The summed E-state index contributed by atoms with van der Waals surface area (Å²) >= 11 is 0. The number of rotatable bonds is 1. The number of aromatic nitrogens is 2. The quantitative estimate of drug-likeness (QED) is 0.673. The summed E-state index contributed by atoms with van der Waals surface area (Å²) in [4.78, 5) is 10.2. The second-order valence-corrected chi connectivity index (χ2v) is 1.92. The molecule has 1 amide bonds. The Morgan fingerprint density at radius 1 is 1.58 bits per heavy atom. The van der Waals surface area contributed by atoms with Crippen molar-refractivity contribution in [1.29, 1.82) is 0 Å². The topological polar surface area (TPSA) is 57.8 Å². The fourth-order valence-electron chi connectivity index (χ4n) is 0.519. The first kappa shape index (κ1) is 8.57. The third kappa shape index (κ3) is 1.97. The van der Waals surface area contributed by atoms with Gasteiger partial charge in [0.25, 0.3) is 0 Å². The second-order valence-electron chi connectivity index (χ2n) is 1.92. The number of halogens is 3. The molecule has 0 spiro atoms. The van der Waals surface area contributed by atoms with Gasteiger partial charge in [-0.1, -0.05) is 0 Å². The van der Waals surface area contributed by atoms with Crippen LogP contribution < -0.4 is 5.32 Å². The summed E-state index contributed by atoms with van der Waals surface area (Å²) in [7, 11) is 0. The molecule has 0 unspecified atom stereocenters. The van der Waals surface area contributed by atoms with E-state index >= 15 is 0 Å². The smallest absolute Gasteiger partial charge is 0.303 e. The number of nitrogens with zero attached hydrogens (tertiary/aromatic N) is 1. The van der Waals surface area contributed by atoms with Crippen LogP contribution in [0.1, 0.15) is 0 Å². The normalized spacial score (nSPS) is 11.2. The van der Waals surface area contributed by atoms with Crippen molar-refractivity contribution in [2.75, 3.05) is 5.32 Å². The largest absolute Gasteiger partial charge is 0.471 e. The Balaban J connectivity index is 2.60. The lowest BCUT2D eigenvalue weighted by atomic mass is 10.5. The Hall–Kier alpha value is -1.53. The molecule has 1 aromatic heterocycles. The van der Waals surface area contributed by atoms with Crippen molar-refractivity contribution in [3.05, 3.63) is 12.3 Å². The number of alkyl halides is 3. The highest BCUT2D eigenvalue weighted by Crippen LogP contribution is 2.16. The first-order valence-corrected chi connectivity index (χ1v) is 2.87. The molecule has 4 nitrogen and oxygen atoms in total. The summed E-state index contributed by atoms with van der Waals surface area (Å²) in [6.45, 7) is 0. The van der Waals surface area contributed by atoms with Gasteiger partial charge in [0.05, 0.1) is 6.20 Å². The van der Waals surface area contributed by atoms with Crippen LogP contribution in [0.15, 0.2) is 12.3 Å². The van der Waals surface area contributed by atoms with E-state index in [9.17, 15) is 18.0 Å². The molecule has 0 saturated carbocycles. The van der Waals surface area contributed by atoms with Gasteiger partial charge in [-0.05, 0) is 0 Å². The van der Waals surface area contributed by atoms with Crippen LogP contribution in [0.5, 0.6) is 0 Å². The molecule has 0 aliphatic carbocycles. The summed E-state index contributed by atoms with van der Waals surface area (Å²) in [5.74, 6) is -2.11. The molecule has 66 valence electrons. The Labute approximate surface area is 64.8 Å². The van der Waals surface area contributed by atoms with Gasteiger partial charge in [-0.3, -0.25) is 9.89 Å². The number of carbonyl (C=O) groups excluding carboxylic acids is 1. The summed E-state index contributed by atoms with van der Waals surface area (Å²) in [6.07, 6.45) is -3.64. The van der Waals surface area contributed by atoms with Gasteiger partial charge in [0, 0.05) is 6.07 Å². The number of anilines is 1. The third-order valence-corrected chi connectivity index (χ3v) is 1.01. The highest BCUT2D eigenvalue weighted by molar-refractivity contribution is 5.93. The number of hydrogen-bond acceptors (Lipinski definition) is 2. The number of aromatic amines is 1. The molecule has 1 rings (SSSR count). The van der Waals surface area contributed by atoms with E-state index in [4.69, 9.17) is 0 Å². The first-order chi connectivity index (χ1) is 5.50. The summed E-state index contributed by atoms with van der Waals surface area (Å²) in [5, 5.41) is 7.09. The zero-order chi connectivity index (χ0) is 9.19. The molecular weight excluding hydrogens is 175 g/mol. The van der Waals surface area contributed by atoms with Crippen molar-refractivity contribution in [3.63, 3.8) is 0 Å². The van der Waals surface area contributed by atoms with Gasteiger partial charge in [0.1, 0.15) is 5.82 Å². The molecule has 0 bridgehead atoms. The van der Waals surface area contributed by atoms with E-state index < -0.39 is 12.1 Å². The number of hydrogen-bond donors (Lipinski definition) is 2. The van der Waals surface area contributed by atoms with E-state index in [1.807, 2.05) is 0 Å². The molecule has 0 saturated heterocycles. The number of H-pyrrole nitrogens is 1. The Bertz CT molecular complexity index is 266. The van der Waals surface area contributed by atoms with Crippen LogP contribution in [0, 0.1) is 0 Å². The molecule has 7 heteroatoms. The molecule has 0 radical (unpaired) electrons. The van der Waals surface area contributed by atoms with Gasteiger partial charge >= 0.3 is 12.1 Å². The van der Waals surface area contributed by atoms with E-state index in [0.717, 1.165) is 0 Å². The maximum atomic E-state index is 11.6. The van der Waals surface area contributed by atoms with Crippen molar-refractivity contribution < 1.29 is 18.0 Å². The predicted molar refractivity (Wildman–Crippen MR) is 33.3 cm³/mol. The lowest BCUT2D eigenvalue weighted by Gasteiger charge is -2.04. The lowest BCUT2D eigenvalue weighted by molar-refractivity contribution is -0.167. The minimum Gasteiger partial charge on any atom is -0.303 e. The Morgan fingerprint density at radius 3 is 2.67 bits per heavy atom. The summed E-state index contributed by atoms with van der Waals surface area (Å²) < 4.78 is 34.8. The zero-order valence-electron chi connectivity index (χ0n) is 5.64. The second kappa shape index (κ2) is 2.84. The zero-order valence-corrected chi connectivity index (χ0v) is 5.64. The standard InChI is InChI=1S/C5H4F3N3O/c6-5(7,8)4(12)10-3-1-2-9-11-3/h1-2H,(H2,9,10,11,12). The van der Waals surface area contributed by atoms with Gasteiger partial charge in [0.2, 0.25) is 0 Å². The molecule has 12 heavy (non-hydrogen) atoms. The highest BCUT2D eigenvalue weighted by atomic mass is 19.4. The van der Waals surface area contributed by atoms with Crippen LogP contribution in [-0.2, 0) is 4.79 Å². The van der Waals surface area contributed by atoms with Gasteiger partial charge < -0.3 is 5.32 Å². The molecule has 1 aromatic rings. The van der Waals surface area contributed by atoms with Gasteiger partial charge in [-0.15, -0.1) is 0 Å². The minimum absolute atomic E-state index is 0.0858. The van der Waals surface area contributed by atoms with Crippen molar-refractivity contribution in [2.45, 2.75) is 6.18 Å². The maximum absolute atomic E-state index is 11.6. The molecule has 2 N–H and O–H groups in total. The first-order valence-electron chi connectivity index (χ1n) is 2.87. The third-order valence-electron chi connectivity index (χ3n) is 1.01. The van der Waals surface area contributed by atoms with E-state index in [1.54, 1.807) is 5.32 Å². The summed E-state index contributed by atoms with van der Waals surface area (Å²) in [5.41, 5.74) is 0.